The second-order valence-corrected chi connectivity index (χ2v) is 5.32. The molecule has 2 nitrogen and oxygen atoms in total. The Morgan fingerprint density at radius 2 is 1.95 bits per heavy atom. The molecule has 1 aromatic heterocycles. The second kappa shape index (κ2) is 6.47. The number of hydrogen-bond donors (Lipinski definition) is 1. The smallest absolute Gasteiger partial charge is 0.125 e. The molecule has 0 aliphatic carbocycles. The molecule has 1 heterocycles. The first-order valence-electron chi connectivity index (χ1n) is 6.36. The largest absolute Gasteiger partial charge is 0.464 e. The molecule has 0 spiro atoms. The third kappa shape index (κ3) is 3.53. The maximum absolute atomic E-state index is 6.09. The fourth-order valence-corrected chi connectivity index (χ4v) is 2.28. The van der Waals surface area contributed by atoms with Gasteiger partial charge in [0.05, 0.1) is 16.1 Å². The van der Waals surface area contributed by atoms with E-state index in [-0.39, 0.29) is 6.04 Å². The molecule has 1 atom stereocenters. The molecule has 0 radical (unpaired) electrons. The average Bonchev–Trinajstić information content (AvgIpc) is 2.80. The van der Waals surface area contributed by atoms with E-state index in [0.717, 1.165) is 30.0 Å². The summed E-state index contributed by atoms with van der Waals surface area (Å²) in [6.07, 6.45) is 1.05. The third-order valence-corrected chi connectivity index (χ3v) is 3.66. The maximum Gasteiger partial charge on any atom is 0.125 e. The normalized spacial score (nSPS) is 12.6. The van der Waals surface area contributed by atoms with Crippen molar-refractivity contribution >= 4 is 23.2 Å². The zero-order valence-electron chi connectivity index (χ0n) is 11.0. The third-order valence-electron chi connectivity index (χ3n) is 2.92. The molecule has 0 aliphatic heterocycles. The van der Waals surface area contributed by atoms with Crippen molar-refractivity contribution in [2.24, 2.45) is 0 Å². The quantitative estimate of drug-likeness (QED) is 0.841. The van der Waals surface area contributed by atoms with E-state index in [1.165, 1.54) is 0 Å². The second-order valence-electron chi connectivity index (χ2n) is 4.51. The fourth-order valence-electron chi connectivity index (χ4n) is 1.97. The number of hydrogen-bond acceptors (Lipinski definition) is 2. The van der Waals surface area contributed by atoms with Crippen molar-refractivity contribution in [1.29, 1.82) is 0 Å². The van der Waals surface area contributed by atoms with E-state index in [1.54, 1.807) is 0 Å². The minimum absolute atomic E-state index is 0.00316. The highest BCUT2D eigenvalue weighted by Crippen LogP contribution is 2.29. The van der Waals surface area contributed by atoms with Crippen LogP contribution < -0.4 is 5.32 Å². The fraction of sp³-hybridized carbons (Fsp3) is 0.333. The number of aryl methyl sites for hydroxylation is 1. The lowest BCUT2D eigenvalue weighted by atomic mass is 10.0. The van der Waals surface area contributed by atoms with Gasteiger partial charge in [-0.1, -0.05) is 36.2 Å². The number of benzene rings is 1. The molecule has 4 heteroatoms. The SMILES string of the molecule is CCCNC(c1ccc(Cl)c(Cl)c1)c1ccc(C)o1. The topological polar surface area (TPSA) is 25.2 Å². The summed E-state index contributed by atoms with van der Waals surface area (Å²) >= 11 is 12.1. The van der Waals surface area contributed by atoms with Crippen molar-refractivity contribution in [3.63, 3.8) is 0 Å². The van der Waals surface area contributed by atoms with Crippen LogP contribution in [0.1, 0.15) is 36.5 Å². The maximum atomic E-state index is 6.09. The van der Waals surface area contributed by atoms with Gasteiger partial charge in [-0.3, -0.25) is 0 Å². The molecule has 1 N–H and O–H groups in total. The summed E-state index contributed by atoms with van der Waals surface area (Å²) in [6.45, 7) is 4.98. The monoisotopic (exact) mass is 297 g/mol. The van der Waals surface area contributed by atoms with Crippen LogP contribution in [0.3, 0.4) is 0 Å². The van der Waals surface area contributed by atoms with Gasteiger partial charge >= 0.3 is 0 Å². The Labute approximate surface area is 123 Å². The molecule has 102 valence electrons. The highest BCUT2D eigenvalue weighted by atomic mass is 35.5. The summed E-state index contributed by atoms with van der Waals surface area (Å²) < 4.78 is 5.73. The molecule has 19 heavy (non-hydrogen) atoms. The Kier molecular flexibility index (Phi) is 4.92. The van der Waals surface area contributed by atoms with E-state index in [9.17, 15) is 0 Å². The summed E-state index contributed by atoms with van der Waals surface area (Å²) in [5.74, 6) is 1.79. The van der Waals surface area contributed by atoms with Gasteiger partial charge in [0.1, 0.15) is 11.5 Å². The van der Waals surface area contributed by atoms with Crippen LogP contribution in [0.5, 0.6) is 0 Å². The molecular weight excluding hydrogens is 281 g/mol. The molecule has 0 amide bonds. The standard InChI is InChI=1S/C15H17Cl2NO/c1-3-8-18-15(14-7-4-10(2)19-14)11-5-6-12(16)13(17)9-11/h4-7,9,15,18H,3,8H2,1-2H3. The molecule has 1 unspecified atom stereocenters. The van der Waals surface area contributed by atoms with Crippen molar-refractivity contribution in [2.75, 3.05) is 6.54 Å². The van der Waals surface area contributed by atoms with Crippen LogP contribution in [0, 0.1) is 6.92 Å². The zero-order chi connectivity index (χ0) is 13.8. The Morgan fingerprint density at radius 1 is 1.16 bits per heavy atom. The Morgan fingerprint density at radius 3 is 2.53 bits per heavy atom. The van der Waals surface area contributed by atoms with Gasteiger partial charge in [0, 0.05) is 0 Å². The van der Waals surface area contributed by atoms with E-state index < -0.39 is 0 Å². The minimum atomic E-state index is 0.00316. The van der Waals surface area contributed by atoms with Crippen molar-refractivity contribution in [3.05, 3.63) is 57.5 Å². The number of nitrogens with one attached hydrogen (secondary N) is 1. The minimum Gasteiger partial charge on any atom is -0.464 e. The van der Waals surface area contributed by atoms with Crippen LogP contribution in [-0.4, -0.2) is 6.54 Å². The van der Waals surface area contributed by atoms with Gasteiger partial charge in [-0.2, -0.15) is 0 Å². The van der Waals surface area contributed by atoms with Crippen LogP contribution in [0.25, 0.3) is 0 Å². The van der Waals surface area contributed by atoms with Crippen molar-refractivity contribution in [3.8, 4) is 0 Å². The Bertz CT molecular complexity index is 551. The Balaban J connectivity index is 2.33. The highest BCUT2D eigenvalue weighted by molar-refractivity contribution is 6.42. The lowest BCUT2D eigenvalue weighted by Crippen LogP contribution is -2.22. The van der Waals surface area contributed by atoms with Crippen LogP contribution in [0.2, 0.25) is 10.0 Å². The molecule has 0 fully saturated rings. The number of rotatable bonds is 5. The molecule has 2 aromatic rings. The van der Waals surface area contributed by atoms with Gasteiger partial charge in [-0.05, 0) is 49.7 Å². The van der Waals surface area contributed by atoms with E-state index in [2.05, 4.69) is 12.2 Å². The molecule has 0 saturated heterocycles. The van der Waals surface area contributed by atoms with Gasteiger partial charge in [0.25, 0.3) is 0 Å². The van der Waals surface area contributed by atoms with Crippen molar-refractivity contribution in [2.45, 2.75) is 26.3 Å². The van der Waals surface area contributed by atoms with Gasteiger partial charge in [0.2, 0.25) is 0 Å². The lowest BCUT2D eigenvalue weighted by Gasteiger charge is -2.17. The van der Waals surface area contributed by atoms with Crippen LogP contribution in [0.15, 0.2) is 34.7 Å². The first-order chi connectivity index (χ1) is 9.11. The average molecular weight is 298 g/mol. The summed E-state index contributed by atoms with van der Waals surface area (Å²) in [5, 5.41) is 4.59. The van der Waals surface area contributed by atoms with E-state index in [0.29, 0.717) is 10.0 Å². The molecule has 0 bridgehead atoms. The van der Waals surface area contributed by atoms with Gasteiger partial charge in [-0.15, -0.1) is 0 Å². The van der Waals surface area contributed by atoms with Crippen molar-refractivity contribution < 1.29 is 4.42 Å². The lowest BCUT2D eigenvalue weighted by molar-refractivity contribution is 0.430. The molecule has 1 aromatic carbocycles. The molecule has 2 rings (SSSR count). The number of halogens is 2. The van der Waals surface area contributed by atoms with Gasteiger partial charge in [0.15, 0.2) is 0 Å². The summed E-state index contributed by atoms with van der Waals surface area (Å²) in [5.41, 5.74) is 1.05. The number of furan rings is 1. The zero-order valence-corrected chi connectivity index (χ0v) is 12.6. The molecule has 0 aliphatic rings. The van der Waals surface area contributed by atoms with E-state index >= 15 is 0 Å². The highest BCUT2D eigenvalue weighted by Gasteiger charge is 2.17. The molecular formula is C15H17Cl2NO. The Hall–Kier alpha value is -0.960. The van der Waals surface area contributed by atoms with Crippen LogP contribution in [-0.2, 0) is 0 Å². The predicted octanol–water partition coefficient (Wildman–Crippen LogP) is 4.98. The summed E-state index contributed by atoms with van der Waals surface area (Å²) in [6, 6.07) is 9.63. The summed E-state index contributed by atoms with van der Waals surface area (Å²) in [7, 11) is 0. The predicted molar refractivity (Wildman–Crippen MR) is 80.0 cm³/mol. The summed E-state index contributed by atoms with van der Waals surface area (Å²) in [4.78, 5) is 0. The van der Waals surface area contributed by atoms with E-state index in [1.807, 2.05) is 37.3 Å². The van der Waals surface area contributed by atoms with Gasteiger partial charge < -0.3 is 9.73 Å². The molecule has 0 saturated carbocycles. The van der Waals surface area contributed by atoms with Crippen molar-refractivity contribution in [1.82, 2.24) is 5.32 Å². The van der Waals surface area contributed by atoms with Crippen LogP contribution in [0.4, 0.5) is 0 Å². The van der Waals surface area contributed by atoms with Crippen LogP contribution >= 0.6 is 23.2 Å². The first kappa shape index (κ1) is 14.4. The van der Waals surface area contributed by atoms with E-state index in [4.69, 9.17) is 27.6 Å². The first-order valence-corrected chi connectivity index (χ1v) is 7.12. The van der Waals surface area contributed by atoms with Gasteiger partial charge in [-0.25, -0.2) is 0 Å².